The zero-order valence-corrected chi connectivity index (χ0v) is 11.4. The van der Waals surface area contributed by atoms with E-state index in [0.717, 1.165) is 34.8 Å². The lowest BCUT2D eigenvalue weighted by Gasteiger charge is -2.17. The summed E-state index contributed by atoms with van der Waals surface area (Å²) in [5.74, 6) is 1.54. The van der Waals surface area contributed by atoms with Crippen molar-refractivity contribution in [3.63, 3.8) is 0 Å². The zero-order chi connectivity index (χ0) is 13.2. The molecule has 3 rings (SSSR count). The maximum absolute atomic E-state index is 5.42. The van der Waals surface area contributed by atoms with Crippen LogP contribution in [0.25, 0.3) is 11.4 Å². The lowest BCUT2D eigenvalue weighted by atomic mass is 10.1. The molecule has 0 fully saturated rings. The molecule has 0 saturated carbocycles. The maximum atomic E-state index is 5.42. The molecule has 1 N–H and O–H groups in total. The number of nitrogens with one attached hydrogen (secondary N) is 1. The van der Waals surface area contributed by atoms with Crippen LogP contribution >= 0.6 is 12.2 Å². The van der Waals surface area contributed by atoms with Crippen molar-refractivity contribution in [1.82, 2.24) is 9.97 Å². The molecule has 0 saturated heterocycles. The molecule has 0 unspecified atom stereocenters. The van der Waals surface area contributed by atoms with Crippen LogP contribution in [0.5, 0.6) is 5.75 Å². The Bertz CT molecular complexity index is 667. The van der Waals surface area contributed by atoms with Gasteiger partial charge in [0, 0.05) is 17.7 Å². The molecule has 98 valence electrons. The van der Waals surface area contributed by atoms with Crippen molar-refractivity contribution in [2.75, 3.05) is 13.7 Å². The minimum atomic E-state index is 0.546. The van der Waals surface area contributed by atoms with Crippen LogP contribution in [-0.2, 0) is 17.8 Å². The first-order valence-corrected chi connectivity index (χ1v) is 6.53. The van der Waals surface area contributed by atoms with E-state index in [1.165, 1.54) is 0 Å². The minimum absolute atomic E-state index is 0.546. The monoisotopic (exact) mass is 274 g/mol. The Labute approximate surface area is 116 Å². The van der Waals surface area contributed by atoms with Crippen LogP contribution < -0.4 is 4.74 Å². The largest absolute Gasteiger partial charge is 0.496 e. The number of ether oxygens (including phenoxy) is 2. The predicted molar refractivity (Wildman–Crippen MR) is 74.8 cm³/mol. The Morgan fingerprint density at radius 2 is 2.21 bits per heavy atom. The van der Waals surface area contributed by atoms with Crippen LogP contribution in [0.3, 0.4) is 0 Å². The van der Waals surface area contributed by atoms with E-state index in [9.17, 15) is 0 Å². The van der Waals surface area contributed by atoms with Crippen molar-refractivity contribution in [3.8, 4) is 17.1 Å². The van der Waals surface area contributed by atoms with Gasteiger partial charge < -0.3 is 14.5 Å². The SMILES string of the molecule is COc1ccccc1-c1nc(=S)c2c([nH]1)CCOC2. The summed E-state index contributed by atoms with van der Waals surface area (Å²) in [7, 11) is 1.65. The van der Waals surface area contributed by atoms with E-state index in [1.807, 2.05) is 24.3 Å². The summed E-state index contributed by atoms with van der Waals surface area (Å²) in [6.07, 6.45) is 0.837. The molecule has 0 amide bonds. The molecule has 0 atom stereocenters. The Kier molecular flexibility index (Phi) is 3.31. The average Bonchev–Trinajstić information content (AvgIpc) is 2.47. The van der Waals surface area contributed by atoms with E-state index in [4.69, 9.17) is 21.7 Å². The van der Waals surface area contributed by atoms with Gasteiger partial charge >= 0.3 is 0 Å². The summed E-state index contributed by atoms with van der Waals surface area (Å²) in [5, 5.41) is 0. The Hall–Kier alpha value is -1.72. The van der Waals surface area contributed by atoms with E-state index in [1.54, 1.807) is 7.11 Å². The average molecular weight is 274 g/mol. The van der Waals surface area contributed by atoms with E-state index >= 15 is 0 Å². The number of aromatic nitrogens is 2. The van der Waals surface area contributed by atoms with Gasteiger partial charge in [-0.25, -0.2) is 4.98 Å². The number of methoxy groups -OCH3 is 1. The van der Waals surface area contributed by atoms with E-state index in [2.05, 4.69) is 9.97 Å². The second kappa shape index (κ2) is 5.11. The van der Waals surface area contributed by atoms with Crippen LogP contribution in [0, 0.1) is 4.64 Å². The quantitative estimate of drug-likeness (QED) is 0.855. The molecule has 1 aromatic carbocycles. The molecule has 1 aliphatic rings. The molecular weight excluding hydrogens is 260 g/mol. The van der Waals surface area contributed by atoms with Crippen molar-refractivity contribution < 1.29 is 9.47 Å². The van der Waals surface area contributed by atoms with Crippen LogP contribution in [-0.4, -0.2) is 23.7 Å². The summed E-state index contributed by atoms with van der Waals surface area (Å²) in [4.78, 5) is 7.82. The molecule has 5 heteroatoms. The number of aromatic amines is 1. The third-order valence-corrected chi connectivity index (χ3v) is 3.55. The van der Waals surface area contributed by atoms with Crippen molar-refractivity contribution in [2.45, 2.75) is 13.0 Å². The number of hydrogen-bond donors (Lipinski definition) is 1. The van der Waals surface area contributed by atoms with Crippen molar-refractivity contribution >= 4 is 12.2 Å². The van der Waals surface area contributed by atoms with E-state index in [0.29, 0.717) is 17.9 Å². The maximum Gasteiger partial charge on any atom is 0.142 e. The van der Waals surface area contributed by atoms with Crippen molar-refractivity contribution in [1.29, 1.82) is 0 Å². The smallest absolute Gasteiger partial charge is 0.142 e. The minimum Gasteiger partial charge on any atom is -0.496 e. The zero-order valence-electron chi connectivity index (χ0n) is 10.6. The van der Waals surface area contributed by atoms with Gasteiger partial charge in [0.05, 0.1) is 25.9 Å². The second-order valence-corrected chi connectivity index (χ2v) is 4.74. The highest BCUT2D eigenvalue weighted by Gasteiger charge is 2.15. The van der Waals surface area contributed by atoms with Gasteiger partial charge in [0.1, 0.15) is 16.2 Å². The van der Waals surface area contributed by atoms with Crippen molar-refractivity contribution in [2.24, 2.45) is 0 Å². The standard InChI is InChI=1S/C14H14N2O2S/c1-17-12-5-3-2-4-9(12)13-15-11-6-7-18-8-10(11)14(19)16-13/h2-5H,6-8H2,1H3,(H,15,16,19). The molecule has 1 aromatic heterocycles. The van der Waals surface area contributed by atoms with Gasteiger partial charge in [-0.05, 0) is 12.1 Å². The number of para-hydroxylation sites is 1. The first kappa shape index (κ1) is 12.3. The first-order chi connectivity index (χ1) is 9.29. The van der Waals surface area contributed by atoms with Gasteiger partial charge in [0.25, 0.3) is 0 Å². The third kappa shape index (κ3) is 2.27. The van der Waals surface area contributed by atoms with Gasteiger partial charge in [-0.1, -0.05) is 24.4 Å². The summed E-state index contributed by atoms with van der Waals surface area (Å²) < 4.78 is 11.4. The molecule has 4 nitrogen and oxygen atoms in total. The summed E-state index contributed by atoms with van der Waals surface area (Å²) >= 11 is 5.35. The summed E-state index contributed by atoms with van der Waals surface area (Å²) in [6.45, 7) is 1.26. The van der Waals surface area contributed by atoms with Gasteiger partial charge in [0.15, 0.2) is 0 Å². The van der Waals surface area contributed by atoms with Crippen LogP contribution in [0.2, 0.25) is 0 Å². The lowest BCUT2D eigenvalue weighted by molar-refractivity contribution is 0.108. The molecule has 0 aliphatic carbocycles. The van der Waals surface area contributed by atoms with E-state index in [-0.39, 0.29) is 0 Å². The van der Waals surface area contributed by atoms with Gasteiger partial charge in [-0.2, -0.15) is 0 Å². The van der Waals surface area contributed by atoms with Gasteiger partial charge in [0.2, 0.25) is 0 Å². The third-order valence-electron chi connectivity index (χ3n) is 3.21. The fraction of sp³-hybridized carbons (Fsp3) is 0.286. The molecule has 0 spiro atoms. The molecule has 19 heavy (non-hydrogen) atoms. The lowest BCUT2D eigenvalue weighted by Crippen LogP contribution is -2.14. The molecule has 0 bridgehead atoms. The Balaban J connectivity index is 2.16. The second-order valence-electron chi connectivity index (χ2n) is 4.35. The highest BCUT2D eigenvalue weighted by atomic mass is 32.1. The number of H-pyrrole nitrogens is 1. The van der Waals surface area contributed by atoms with Gasteiger partial charge in [-0.15, -0.1) is 0 Å². The number of hydrogen-bond acceptors (Lipinski definition) is 4. The molecule has 0 radical (unpaired) electrons. The van der Waals surface area contributed by atoms with Crippen molar-refractivity contribution in [3.05, 3.63) is 40.2 Å². The molecular formula is C14H14N2O2S. The first-order valence-electron chi connectivity index (χ1n) is 6.13. The Morgan fingerprint density at radius 3 is 3.05 bits per heavy atom. The van der Waals surface area contributed by atoms with Crippen LogP contribution in [0.1, 0.15) is 11.3 Å². The number of nitrogens with zero attached hydrogens (tertiary/aromatic N) is 1. The normalized spacial score (nSPS) is 13.9. The molecule has 1 aliphatic heterocycles. The fourth-order valence-electron chi connectivity index (χ4n) is 2.22. The molecule has 2 heterocycles. The summed E-state index contributed by atoms with van der Waals surface area (Å²) in [6, 6.07) is 7.77. The predicted octanol–water partition coefficient (Wildman–Crippen LogP) is 2.89. The van der Waals surface area contributed by atoms with Crippen LogP contribution in [0.4, 0.5) is 0 Å². The number of benzene rings is 1. The number of rotatable bonds is 2. The topological polar surface area (TPSA) is 47.1 Å². The molecule has 2 aromatic rings. The van der Waals surface area contributed by atoms with Crippen LogP contribution in [0.15, 0.2) is 24.3 Å². The summed E-state index contributed by atoms with van der Waals surface area (Å²) in [5.41, 5.74) is 3.04. The van der Waals surface area contributed by atoms with E-state index < -0.39 is 0 Å². The highest BCUT2D eigenvalue weighted by molar-refractivity contribution is 7.71. The highest BCUT2D eigenvalue weighted by Crippen LogP contribution is 2.28. The fourth-order valence-corrected chi connectivity index (χ4v) is 2.50. The number of fused-ring (bicyclic) bond motifs is 1. The van der Waals surface area contributed by atoms with Gasteiger partial charge in [-0.3, -0.25) is 0 Å². The Morgan fingerprint density at radius 1 is 1.37 bits per heavy atom.